The van der Waals surface area contributed by atoms with E-state index in [1.165, 1.54) is 0 Å². The molecule has 0 saturated carbocycles. The number of benzene rings is 1. The van der Waals surface area contributed by atoms with Gasteiger partial charge >= 0.3 is 0 Å². The summed E-state index contributed by atoms with van der Waals surface area (Å²) in [4.78, 5) is 4.87. The fourth-order valence-electron chi connectivity index (χ4n) is 3.42. The van der Waals surface area contributed by atoms with Gasteiger partial charge in [0, 0.05) is 30.2 Å². The Morgan fingerprint density at radius 1 is 1.19 bits per heavy atom. The van der Waals surface area contributed by atoms with Crippen molar-refractivity contribution in [2.75, 3.05) is 31.1 Å². The Bertz CT molecular complexity index is 546. The number of likely N-dealkylation sites (tertiary alicyclic amines) is 1. The minimum absolute atomic E-state index is 0.375. The zero-order valence-electron chi connectivity index (χ0n) is 12.1. The Hall–Kier alpha value is -1.28. The SMILES string of the molecule is N#Cc1cc(Cl)ccc1N1CCC(N2CCC(N)CC2)C1. The van der Waals surface area contributed by atoms with Crippen molar-refractivity contribution < 1.29 is 0 Å². The van der Waals surface area contributed by atoms with E-state index >= 15 is 0 Å². The number of halogens is 1. The maximum absolute atomic E-state index is 9.29. The molecule has 2 saturated heterocycles. The summed E-state index contributed by atoms with van der Waals surface area (Å²) >= 11 is 5.98. The molecular formula is C16H21ClN4. The van der Waals surface area contributed by atoms with Crippen LogP contribution in [-0.2, 0) is 0 Å². The first-order chi connectivity index (χ1) is 10.2. The third kappa shape index (κ3) is 3.16. The van der Waals surface area contributed by atoms with Crippen molar-refractivity contribution >= 4 is 17.3 Å². The van der Waals surface area contributed by atoms with Crippen molar-refractivity contribution in [2.24, 2.45) is 5.73 Å². The molecule has 2 fully saturated rings. The van der Waals surface area contributed by atoms with E-state index in [-0.39, 0.29) is 0 Å². The normalized spacial score (nSPS) is 24.2. The Kier molecular flexibility index (Phi) is 4.34. The van der Waals surface area contributed by atoms with Crippen LogP contribution in [0.4, 0.5) is 5.69 Å². The van der Waals surface area contributed by atoms with Gasteiger partial charge in [-0.2, -0.15) is 5.26 Å². The number of anilines is 1. The number of hydrogen-bond acceptors (Lipinski definition) is 4. The van der Waals surface area contributed by atoms with Crippen molar-refractivity contribution in [2.45, 2.75) is 31.3 Å². The van der Waals surface area contributed by atoms with Crippen molar-refractivity contribution in [1.82, 2.24) is 4.90 Å². The molecule has 0 amide bonds. The third-order valence-corrected chi connectivity index (χ3v) is 4.91. The fourth-order valence-corrected chi connectivity index (χ4v) is 3.59. The summed E-state index contributed by atoms with van der Waals surface area (Å²) in [5.74, 6) is 0. The minimum Gasteiger partial charge on any atom is -0.369 e. The Morgan fingerprint density at radius 3 is 2.67 bits per heavy atom. The van der Waals surface area contributed by atoms with E-state index in [1.54, 1.807) is 6.07 Å². The van der Waals surface area contributed by atoms with Crippen LogP contribution in [0.1, 0.15) is 24.8 Å². The average molecular weight is 305 g/mol. The van der Waals surface area contributed by atoms with Gasteiger partial charge < -0.3 is 10.6 Å². The van der Waals surface area contributed by atoms with Crippen molar-refractivity contribution in [3.63, 3.8) is 0 Å². The molecule has 5 heteroatoms. The molecule has 1 atom stereocenters. The lowest BCUT2D eigenvalue weighted by molar-refractivity contribution is 0.163. The number of hydrogen-bond donors (Lipinski definition) is 1. The van der Waals surface area contributed by atoms with Gasteiger partial charge in [0.05, 0.1) is 11.3 Å². The molecule has 1 unspecified atom stereocenters. The van der Waals surface area contributed by atoms with Gasteiger partial charge in [-0.1, -0.05) is 11.6 Å². The second-order valence-corrected chi connectivity index (χ2v) is 6.47. The van der Waals surface area contributed by atoms with E-state index in [1.807, 2.05) is 12.1 Å². The number of nitrogens with zero attached hydrogens (tertiary/aromatic N) is 3. The van der Waals surface area contributed by atoms with Crippen LogP contribution in [0.3, 0.4) is 0 Å². The molecule has 0 bridgehead atoms. The van der Waals surface area contributed by atoms with E-state index in [9.17, 15) is 5.26 Å². The van der Waals surface area contributed by atoms with Crippen LogP contribution in [-0.4, -0.2) is 43.2 Å². The van der Waals surface area contributed by atoms with Crippen LogP contribution in [0.5, 0.6) is 0 Å². The molecule has 0 aromatic heterocycles. The topological polar surface area (TPSA) is 56.3 Å². The molecule has 3 rings (SSSR count). The zero-order chi connectivity index (χ0) is 14.8. The molecule has 0 aliphatic carbocycles. The van der Waals surface area contributed by atoms with E-state index < -0.39 is 0 Å². The van der Waals surface area contributed by atoms with Gasteiger partial charge in [-0.05, 0) is 50.6 Å². The van der Waals surface area contributed by atoms with Crippen LogP contribution in [0.2, 0.25) is 5.02 Å². The smallest absolute Gasteiger partial charge is 0.101 e. The highest BCUT2D eigenvalue weighted by atomic mass is 35.5. The van der Waals surface area contributed by atoms with Gasteiger partial charge in [-0.15, -0.1) is 0 Å². The van der Waals surface area contributed by atoms with Crippen molar-refractivity contribution in [3.8, 4) is 6.07 Å². The van der Waals surface area contributed by atoms with E-state index in [2.05, 4.69) is 15.9 Å². The highest BCUT2D eigenvalue weighted by molar-refractivity contribution is 6.30. The standard InChI is InChI=1S/C16H21ClN4/c17-13-1-2-16(12(9-13)10-18)21-8-5-15(11-21)20-6-3-14(19)4-7-20/h1-2,9,14-15H,3-8,11,19H2. The lowest BCUT2D eigenvalue weighted by Gasteiger charge is -2.34. The molecule has 21 heavy (non-hydrogen) atoms. The average Bonchev–Trinajstić information content (AvgIpc) is 2.97. The van der Waals surface area contributed by atoms with Crippen LogP contribution in [0.15, 0.2) is 18.2 Å². The number of piperidine rings is 1. The summed E-state index contributed by atoms with van der Waals surface area (Å²) in [6.45, 7) is 4.20. The van der Waals surface area contributed by atoms with E-state index in [0.29, 0.717) is 22.7 Å². The summed E-state index contributed by atoms with van der Waals surface area (Å²) in [7, 11) is 0. The second kappa shape index (κ2) is 6.23. The van der Waals surface area contributed by atoms with Gasteiger partial charge in [0.25, 0.3) is 0 Å². The quantitative estimate of drug-likeness (QED) is 0.910. The minimum atomic E-state index is 0.375. The largest absolute Gasteiger partial charge is 0.369 e. The third-order valence-electron chi connectivity index (χ3n) is 4.67. The predicted molar refractivity (Wildman–Crippen MR) is 85.6 cm³/mol. The molecule has 0 spiro atoms. The Balaban J connectivity index is 1.69. The summed E-state index contributed by atoms with van der Waals surface area (Å²) in [6.07, 6.45) is 3.35. The first kappa shape index (κ1) is 14.6. The van der Waals surface area contributed by atoms with E-state index in [0.717, 1.165) is 51.1 Å². The molecule has 4 nitrogen and oxygen atoms in total. The molecule has 112 valence electrons. The lowest BCUT2D eigenvalue weighted by Crippen LogP contribution is -2.46. The van der Waals surface area contributed by atoms with Gasteiger partial charge in [0.15, 0.2) is 0 Å². The summed E-state index contributed by atoms with van der Waals surface area (Å²) in [5, 5.41) is 9.91. The van der Waals surface area contributed by atoms with Crippen molar-refractivity contribution in [3.05, 3.63) is 28.8 Å². The molecule has 2 aliphatic heterocycles. The highest BCUT2D eigenvalue weighted by Crippen LogP contribution is 2.29. The molecule has 1 aromatic rings. The fraction of sp³-hybridized carbons (Fsp3) is 0.562. The van der Waals surface area contributed by atoms with Crippen LogP contribution in [0, 0.1) is 11.3 Å². The monoisotopic (exact) mass is 304 g/mol. The van der Waals surface area contributed by atoms with Crippen LogP contribution >= 0.6 is 11.6 Å². The number of nitriles is 1. The molecule has 2 aliphatic rings. The first-order valence-corrected chi connectivity index (χ1v) is 7.99. The molecule has 2 N–H and O–H groups in total. The van der Waals surface area contributed by atoms with Gasteiger partial charge in [-0.25, -0.2) is 0 Å². The van der Waals surface area contributed by atoms with Gasteiger partial charge in [-0.3, -0.25) is 4.90 Å². The van der Waals surface area contributed by atoms with E-state index in [4.69, 9.17) is 17.3 Å². The lowest BCUT2D eigenvalue weighted by atomic mass is 10.0. The first-order valence-electron chi connectivity index (χ1n) is 7.61. The number of rotatable bonds is 2. The van der Waals surface area contributed by atoms with Crippen molar-refractivity contribution in [1.29, 1.82) is 5.26 Å². The summed E-state index contributed by atoms with van der Waals surface area (Å²) in [5.41, 5.74) is 7.66. The van der Waals surface area contributed by atoms with Gasteiger partial charge in [0.2, 0.25) is 0 Å². The molecular weight excluding hydrogens is 284 g/mol. The second-order valence-electron chi connectivity index (χ2n) is 6.04. The summed E-state index contributed by atoms with van der Waals surface area (Å²) in [6, 6.07) is 8.80. The van der Waals surface area contributed by atoms with Crippen LogP contribution in [0.25, 0.3) is 0 Å². The molecule has 2 heterocycles. The summed E-state index contributed by atoms with van der Waals surface area (Å²) < 4.78 is 0. The molecule has 1 aromatic carbocycles. The number of nitrogens with two attached hydrogens (primary N) is 1. The maximum atomic E-state index is 9.29. The van der Waals surface area contributed by atoms with Gasteiger partial charge in [0.1, 0.15) is 6.07 Å². The predicted octanol–water partition coefficient (Wildman–Crippen LogP) is 2.21. The Labute approximate surface area is 131 Å². The highest BCUT2D eigenvalue weighted by Gasteiger charge is 2.30. The molecule has 0 radical (unpaired) electrons. The maximum Gasteiger partial charge on any atom is 0.101 e. The Morgan fingerprint density at radius 2 is 1.95 bits per heavy atom. The zero-order valence-corrected chi connectivity index (χ0v) is 12.9. The van der Waals surface area contributed by atoms with Crippen LogP contribution < -0.4 is 10.6 Å².